The third-order valence-corrected chi connectivity index (χ3v) is 4.30. The smallest absolute Gasteiger partial charge is 0.235 e. The van der Waals surface area contributed by atoms with Crippen LogP contribution >= 0.6 is 15.9 Å². The Morgan fingerprint density at radius 3 is 2.61 bits per heavy atom. The number of hydrogen-bond acceptors (Lipinski definition) is 3. The van der Waals surface area contributed by atoms with Gasteiger partial charge < -0.3 is 4.74 Å². The van der Waals surface area contributed by atoms with Crippen molar-refractivity contribution in [1.29, 1.82) is 0 Å². The van der Waals surface area contributed by atoms with Crippen LogP contribution in [0.15, 0.2) is 21.6 Å². The van der Waals surface area contributed by atoms with Crippen molar-refractivity contribution in [3.8, 4) is 5.75 Å². The summed E-state index contributed by atoms with van der Waals surface area (Å²) in [6, 6.07) is 3.99. The molecule has 0 atom stereocenters. The van der Waals surface area contributed by atoms with Crippen LogP contribution in [0.5, 0.6) is 5.75 Å². The number of methoxy groups -OCH3 is 1. The number of halogens is 1. The summed E-state index contributed by atoms with van der Waals surface area (Å²) in [7, 11) is 1.65. The zero-order valence-corrected chi connectivity index (χ0v) is 12.2. The minimum Gasteiger partial charge on any atom is -0.495 e. The number of hydrogen-bond donors (Lipinski definition) is 0. The highest BCUT2D eigenvalue weighted by atomic mass is 79.9. The van der Waals surface area contributed by atoms with E-state index in [4.69, 9.17) is 4.74 Å². The van der Waals surface area contributed by atoms with E-state index < -0.39 is 5.54 Å². The van der Waals surface area contributed by atoms with Gasteiger partial charge in [0.2, 0.25) is 6.08 Å². The number of ether oxygens (including phenoxy) is 1. The van der Waals surface area contributed by atoms with Crippen molar-refractivity contribution < 1.29 is 9.53 Å². The van der Waals surface area contributed by atoms with Crippen LogP contribution < -0.4 is 4.74 Å². The quantitative estimate of drug-likeness (QED) is 0.628. The second kappa shape index (κ2) is 5.25. The fourth-order valence-electron chi connectivity index (χ4n) is 2.90. The van der Waals surface area contributed by atoms with Crippen molar-refractivity contribution in [1.82, 2.24) is 0 Å². The minimum absolute atomic E-state index is 0.443. The zero-order valence-electron chi connectivity index (χ0n) is 10.6. The summed E-state index contributed by atoms with van der Waals surface area (Å²) in [4.78, 5) is 14.9. The first-order chi connectivity index (χ1) is 8.64. The van der Waals surface area contributed by atoms with Crippen LogP contribution in [0.1, 0.15) is 36.8 Å². The van der Waals surface area contributed by atoms with E-state index in [-0.39, 0.29) is 0 Å². The Labute approximate surface area is 115 Å². The molecule has 1 aliphatic carbocycles. The van der Waals surface area contributed by atoms with Gasteiger partial charge in [0.25, 0.3) is 0 Å². The average molecular weight is 310 g/mol. The molecule has 1 aromatic rings. The van der Waals surface area contributed by atoms with Gasteiger partial charge in [-0.15, -0.1) is 0 Å². The third kappa shape index (κ3) is 2.11. The van der Waals surface area contributed by atoms with Crippen LogP contribution in [0.25, 0.3) is 0 Å². The number of rotatable bonds is 3. The number of nitrogens with zero attached hydrogens (tertiary/aromatic N) is 1. The lowest BCUT2D eigenvalue weighted by molar-refractivity contribution is 0.376. The second-order valence-electron chi connectivity index (χ2n) is 4.71. The number of carbonyl (C=O) groups excluding carboxylic acids is 1. The van der Waals surface area contributed by atoms with Gasteiger partial charge in [0.15, 0.2) is 0 Å². The summed E-state index contributed by atoms with van der Waals surface area (Å²) in [6.45, 7) is 2.03. The molecular formula is C14H16BrNO2. The molecule has 1 aliphatic rings. The van der Waals surface area contributed by atoms with Gasteiger partial charge in [0, 0.05) is 5.56 Å². The van der Waals surface area contributed by atoms with E-state index in [2.05, 4.69) is 20.9 Å². The van der Waals surface area contributed by atoms with Crippen LogP contribution in [0.4, 0.5) is 0 Å². The van der Waals surface area contributed by atoms with Crippen molar-refractivity contribution in [2.45, 2.75) is 38.1 Å². The highest BCUT2D eigenvalue weighted by molar-refractivity contribution is 9.10. The fourth-order valence-corrected chi connectivity index (χ4v) is 3.39. The second-order valence-corrected chi connectivity index (χ2v) is 5.57. The standard InChI is InChI=1S/C14H16BrNO2/c1-10-5-6-11(15)13(18-2)12(10)14(16-9-17)7-3-4-8-14/h5-6H,3-4,7-8H2,1-2H3. The van der Waals surface area contributed by atoms with Crippen molar-refractivity contribution in [3.63, 3.8) is 0 Å². The van der Waals surface area contributed by atoms with Gasteiger partial charge in [0.05, 0.1) is 11.6 Å². The van der Waals surface area contributed by atoms with E-state index >= 15 is 0 Å². The average Bonchev–Trinajstić information content (AvgIpc) is 2.81. The molecule has 0 heterocycles. The molecule has 0 saturated heterocycles. The summed E-state index contributed by atoms with van der Waals surface area (Å²) in [5.41, 5.74) is 1.69. The molecule has 0 aromatic heterocycles. The maximum absolute atomic E-state index is 10.8. The van der Waals surface area contributed by atoms with Crippen molar-refractivity contribution in [2.24, 2.45) is 4.99 Å². The summed E-state index contributed by atoms with van der Waals surface area (Å²) in [5.74, 6) is 0.788. The Balaban J connectivity index is 2.68. The summed E-state index contributed by atoms with van der Waals surface area (Å²) >= 11 is 3.50. The molecular weight excluding hydrogens is 294 g/mol. The predicted octanol–water partition coefficient (Wildman–Crippen LogP) is 3.87. The summed E-state index contributed by atoms with van der Waals surface area (Å²) < 4.78 is 6.40. The number of benzene rings is 1. The van der Waals surface area contributed by atoms with Gasteiger partial charge in [-0.2, -0.15) is 4.99 Å². The number of aryl methyl sites for hydroxylation is 1. The molecule has 0 bridgehead atoms. The largest absolute Gasteiger partial charge is 0.495 e. The molecule has 0 radical (unpaired) electrons. The lowest BCUT2D eigenvalue weighted by atomic mass is 9.85. The van der Waals surface area contributed by atoms with Crippen LogP contribution in [-0.2, 0) is 10.3 Å². The first-order valence-electron chi connectivity index (χ1n) is 6.07. The number of isocyanates is 1. The van der Waals surface area contributed by atoms with Crippen molar-refractivity contribution >= 4 is 22.0 Å². The Bertz CT molecular complexity index is 501. The van der Waals surface area contributed by atoms with E-state index in [1.54, 1.807) is 13.2 Å². The monoisotopic (exact) mass is 309 g/mol. The Kier molecular flexibility index (Phi) is 3.88. The van der Waals surface area contributed by atoms with E-state index in [0.29, 0.717) is 0 Å². The van der Waals surface area contributed by atoms with Crippen LogP contribution in [0, 0.1) is 6.92 Å². The molecule has 0 spiro atoms. The molecule has 0 N–H and O–H groups in total. The van der Waals surface area contributed by atoms with E-state index in [1.165, 1.54) is 0 Å². The maximum atomic E-state index is 10.8. The van der Waals surface area contributed by atoms with Gasteiger partial charge in [-0.3, -0.25) is 0 Å². The predicted molar refractivity (Wildman–Crippen MR) is 73.7 cm³/mol. The summed E-state index contributed by atoms with van der Waals surface area (Å²) in [6.07, 6.45) is 5.69. The molecule has 96 valence electrons. The normalized spacial score (nSPS) is 17.3. The molecule has 0 unspecified atom stereocenters. The molecule has 2 rings (SSSR count). The molecule has 1 aromatic carbocycles. The highest BCUT2D eigenvalue weighted by Gasteiger charge is 2.39. The van der Waals surface area contributed by atoms with E-state index in [0.717, 1.165) is 47.0 Å². The zero-order chi connectivity index (χ0) is 13.2. The third-order valence-electron chi connectivity index (χ3n) is 3.68. The topological polar surface area (TPSA) is 38.7 Å². The molecule has 0 aliphatic heterocycles. The first kappa shape index (κ1) is 13.3. The molecule has 3 nitrogen and oxygen atoms in total. The highest BCUT2D eigenvalue weighted by Crippen LogP contribution is 2.48. The Hall–Kier alpha value is -1.12. The molecule has 0 amide bonds. The molecule has 4 heteroatoms. The van der Waals surface area contributed by atoms with Crippen LogP contribution in [0.3, 0.4) is 0 Å². The summed E-state index contributed by atoms with van der Waals surface area (Å²) in [5, 5.41) is 0. The van der Waals surface area contributed by atoms with Crippen molar-refractivity contribution in [3.05, 3.63) is 27.7 Å². The Morgan fingerprint density at radius 1 is 1.39 bits per heavy atom. The lowest BCUT2D eigenvalue weighted by Crippen LogP contribution is -2.21. The molecule has 18 heavy (non-hydrogen) atoms. The van der Waals surface area contributed by atoms with E-state index in [1.807, 2.05) is 19.1 Å². The van der Waals surface area contributed by atoms with Gasteiger partial charge in [-0.1, -0.05) is 18.9 Å². The van der Waals surface area contributed by atoms with Crippen molar-refractivity contribution in [2.75, 3.05) is 7.11 Å². The lowest BCUT2D eigenvalue weighted by Gasteiger charge is -2.27. The molecule has 1 fully saturated rings. The van der Waals surface area contributed by atoms with E-state index in [9.17, 15) is 4.79 Å². The fraction of sp³-hybridized carbons (Fsp3) is 0.500. The molecule has 1 saturated carbocycles. The van der Waals surface area contributed by atoms with Crippen LogP contribution in [-0.4, -0.2) is 13.2 Å². The Morgan fingerprint density at radius 2 is 2.06 bits per heavy atom. The van der Waals surface area contributed by atoms with Crippen LogP contribution in [0.2, 0.25) is 0 Å². The SMILES string of the molecule is COc1c(Br)ccc(C)c1C1(N=C=O)CCCC1. The van der Waals surface area contributed by atoms with Gasteiger partial charge in [0.1, 0.15) is 11.3 Å². The van der Waals surface area contributed by atoms with Gasteiger partial charge in [-0.05, 0) is 47.3 Å². The maximum Gasteiger partial charge on any atom is 0.235 e. The van der Waals surface area contributed by atoms with Gasteiger partial charge >= 0.3 is 0 Å². The van der Waals surface area contributed by atoms with Gasteiger partial charge in [-0.25, -0.2) is 4.79 Å². The first-order valence-corrected chi connectivity index (χ1v) is 6.86. The minimum atomic E-state index is -0.443. The number of aliphatic imine (C=N–C) groups is 1.